The van der Waals surface area contributed by atoms with Crippen LogP contribution >= 0.6 is 11.8 Å². The van der Waals surface area contributed by atoms with Gasteiger partial charge in [-0.15, -0.1) is 0 Å². The fourth-order valence-electron chi connectivity index (χ4n) is 5.18. The normalized spacial score (nSPS) is 19.7. The molecule has 1 aliphatic carbocycles. The Morgan fingerprint density at radius 3 is 2.66 bits per heavy atom. The SMILES string of the molecule is CCCCCCCCOCCOC(=O)CCCSCC[C@H]1C(=O)C[C@@H](O)[C@@H]1C=C[C@@H](O)Cc1cccc(COC)c1. The van der Waals surface area contributed by atoms with Gasteiger partial charge in [-0.05, 0) is 41.9 Å². The van der Waals surface area contributed by atoms with Crippen LogP contribution in [0.5, 0.6) is 0 Å². The number of ketones is 1. The van der Waals surface area contributed by atoms with Gasteiger partial charge < -0.3 is 24.4 Å². The van der Waals surface area contributed by atoms with Gasteiger partial charge in [0.05, 0.1) is 25.4 Å². The maximum atomic E-state index is 12.5. The molecule has 1 aromatic rings. The lowest BCUT2D eigenvalue weighted by atomic mass is 9.91. The van der Waals surface area contributed by atoms with E-state index in [0.29, 0.717) is 39.1 Å². The van der Waals surface area contributed by atoms with Crippen molar-refractivity contribution < 1.29 is 34.0 Å². The molecule has 2 N–H and O–H groups in total. The summed E-state index contributed by atoms with van der Waals surface area (Å²) in [4.78, 5) is 24.5. The molecule has 0 amide bonds. The van der Waals surface area contributed by atoms with Crippen molar-refractivity contribution in [2.45, 2.75) is 96.4 Å². The van der Waals surface area contributed by atoms with E-state index in [4.69, 9.17) is 14.2 Å². The molecule has 1 aliphatic rings. The predicted octanol–water partition coefficient (Wildman–Crippen LogP) is 5.68. The molecule has 0 spiro atoms. The Morgan fingerprint density at radius 1 is 1.07 bits per heavy atom. The standard InChI is InChI=1S/C33H52O7S/c1-3-4-5-6-7-8-17-39-18-19-40-33(37)13-10-20-41-21-16-30-29(31(35)24-32(30)36)15-14-28(34)23-26-11-9-12-27(22-26)25-38-2/h9,11-12,14-15,22,28-31,34-35H,3-8,10,13,16-21,23-25H2,1-2H3/t28-,29-,30-,31-/m1/s1. The number of Topliss-reactive ketones (excluding diaryl/α,β-unsaturated/α-hetero) is 1. The molecule has 8 heteroatoms. The van der Waals surface area contributed by atoms with Gasteiger partial charge in [0.25, 0.3) is 0 Å². The van der Waals surface area contributed by atoms with Crippen molar-refractivity contribution in [2.24, 2.45) is 11.8 Å². The number of thioether (sulfide) groups is 1. The van der Waals surface area contributed by atoms with Crippen molar-refractivity contribution in [3.8, 4) is 0 Å². The first-order valence-electron chi connectivity index (χ1n) is 15.4. The van der Waals surface area contributed by atoms with Crippen LogP contribution in [-0.4, -0.2) is 72.6 Å². The molecule has 232 valence electrons. The summed E-state index contributed by atoms with van der Waals surface area (Å²) >= 11 is 1.71. The van der Waals surface area contributed by atoms with Gasteiger partial charge in [0.15, 0.2) is 0 Å². The number of hydrogen-bond donors (Lipinski definition) is 2. The predicted molar refractivity (Wildman–Crippen MR) is 165 cm³/mol. The Balaban J connectivity index is 1.57. The molecule has 1 fully saturated rings. The van der Waals surface area contributed by atoms with E-state index in [2.05, 4.69) is 6.92 Å². The van der Waals surface area contributed by atoms with Gasteiger partial charge in [0, 0.05) is 44.8 Å². The smallest absolute Gasteiger partial charge is 0.305 e. The van der Waals surface area contributed by atoms with E-state index >= 15 is 0 Å². The Kier molecular flexibility index (Phi) is 19.0. The average Bonchev–Trinajstić information content (AvgIpc) is 3.22. The van der Waals surface area contributed by atoms with Gasteiger partial charge in [-0.25, -0.2) is 0 Å². The quantitative estimate of drug-likeness (QED) is 0.0951. The zero-order valence-corrected chi connectivity index (χ0v) is 26.0. The molecule has 0 radical (unpaired) electrons. The van der Waals surface area contributed by atoms with Crippen molar-refractivity contribution >= 4 is 23.5 Å². The van der Waals surface area contributed by atoms with Crippen LogP contribution in [0.3, 0.4) is 0 Å². The first-order valence-corrected chi connectivity index (χ1v) is 16.5. The highest BCUT2D eigenvalue weighted by atomic mass is 32.2. The molecule has 0 aliphatic heterocycles. The van der Waals surface area contributed by atoms with Gasteiger partial charge >= 0.3 is 5.97 Å². The van der Waals surface area contributed by atoms with Gasteiger partial charge in [-0.2, -0.15) is 11.8 Å². The minimum atomic E-state index is -0.712. The third-order valence-electron chi connectivity index (χ3n) is 7.41. The summed E-state index contributed by atoms with van der Waals surface area (Å²) in [6.07, 6.45) is 11.9. The lowest BCUT2D eigenvalue weighted by Crippen LogP contribution is -2.20. The second-order valence-electron chi connectivity index (χ2n) is 10.9. The highest BCUT2D eigenvalue weighted by Crippen LogP contribution is 2.34. The van der Waals surface area contributed by atoms with Crippen molar-refractivity contribution in [3.05, 3.63) is 47.5 Å². The second kappa shape index (κ2) is 21.9. The minimum Gasteiger partial charge on any atom is -0.463 e. The number of ether oxygens (including phenoxy) is 3. The summed E-state index contributed by atoms with van der Waals surface area (Å²) in [5.74, 6) is 0.954. The summed E-state index contributed by atoms with van der Waals surface area (Å²) in [5, 5.41) is 21.0. The summed E-state index contributed by atoms with van der Waals surface area (Å²) in [6, 6.07) is 7.92. The van der Waals surface area contributed by atoms with Crippen LogP contribution in [0, 0.1) is 11.8 Å². The summed E-state index contributed by atoms with van der Waals surface area (Å²) in [7, 11) is 1.65. The number of hydrogen-bond acceptors (Lipinski definition) is 8. The summed E-state index contributed by atoms with van der Waals surface area (Å²) in [6.45, 7) is 4.21. The molecule has 4 atom stereocenters. The zero-order chi connectivity index (χ0) is 29.7. The molecule has 0 saturated heterocycles. The lowest BCUT2D eigenvalue weighted by molar-refractivity contribution is -0.145. The van der Waals surface area contributed by atoms with E-state index < -0.39 is 12.2 Å². The van der Waals surface area contributed by atoms with Crippen LogP contribution in [0.15, 0.2) is 36.4 Å². The number of rotatable bonds is 23. The van der Waals surface area contributed by atoms with Gasteiger partial charge in [0.1, 0.15) is 12.4 Å². The highest BCUT2D eigenvalue weighted by molar-refractivity contribution is 7.99. The molecule has 2 rings (SSSR count). The molecule has 1 aromatic carbocycles. The van der Waals surface area contributed by atoms with Crippen molar-refractivity contribution in [2.75, 3.05) is 38.4 Å². The third-order valence-corrected chi connectivity index (χ3v) is 8.51. The first kappa shape index (κ1) is 35.5. The van der Waals surface area contributed by atoms with Gasteiger partial charge in [0.2, 0.25) is 0 Å². The Bertz CT molecular complexity index is 890. The molecule has 1 saturated carbocycles. The largest absolute Gasteiger partial charge is 0.463 e. The fraction of sp³-hybridized carbons (Fsp3) is 0.697. The molecular weight excluding hydrogens is 540 g/mol. The molecule has 0 unspecified atom stereocenters. The Labute approximate surface area is 251 Å². The van der Waals surface area contributed by atoms with Crippen LogP contribution < -0.4 is 0 Å². The maximum absolute atomic E-state index is 12.5. The van der Waals surface area contributed by atoms with E-state index in [-0.39, 0.29) is 30.0 Å². The number of aliphatic hydroxyl groups excluding tert-OH is 2. The second-order valence-corrected chi connectivity index (χ2v) is 12.2. The maximum Gasteiger partial charge on any atom is 0.305 e. The topological polar surface area (TPSA) is 102 Å². The van der Waals surface area contributed by atoms with Crippen LogP contribution in [0.25, 0.3) is 0 Å². The highest BCUT2D eigenvalue weighted by Gasteiger charge is 2.39. The monoisotopic (exact) mass is 592 g/mol. The first-order chi connectivity index (χ1) is 19.9. The van der Waals surface area contributed by atoms with Crippen molar-refractivity contribution in [1.82, 2.24) is 0 Å². The average molecular weight is 593 g/mol. The fourth-order valence-corrected chi connectivity index (χ4v) is 6.15. The van der Waals surface area contributed by atoms with Crippen LogP contribution in [-0.2, 0) is 36.8 Å². The van der Waals surface area contributed by atoms with E-state index in [1.54, 1.807) is 24.9 Å². The van der Waals surface area contributed by atoms with E-state index in [1.807, 2.05) is 30.3 Å². The molecular formula is C33H52O7S. The van der Waals surface area contributed by atoms with Gasteiger partial charge in [-0.3, -0.25) is 9.59 Å². The third kappa shape index (κ3) is 15.4. The zero-order valence-electron chi connectivity index (χ0n) is 25.1. The Hall–Kier alpha value is -1.71. The molecule has 0 bridgehead atoms. The van der Waals surface area contributed by atoms with E-state index in [0.717, 1.165) is 42.1 Å². The van der Waals surface area contributed by atoms with Crippen LogP contribution in [0.1, 0.15) is 82.3 Å². The molecule has 41 heavy (non-hydrogen) atoms. The number of methoxy groups -OCH3 is 1. The summed E-state index contributed by atoms with van der Waals surface area (Å²) < 4.78 is 16.0. The van der Waals surface area contributed by atoms with Crippen molar-refractivity contribution in [1.29, 1.82) is 0 Å². The van der Waals surface area contributed by atoms with E-state index in [9.17, 15) is 19.8 Å². The summed E-state index contributed by atoms with van der Waals surface area (Å²) in [5.41, 5.74) is 2.06. The van der Waals surface area contributed by atoms with Crippen LogP contribution in [0.4, 0.5) is 0 Å². The number of esters is 1. The minimum absolute atomic E-state index is 0.0804. The number of carbonyl (C=O) groups excluding carboxylic acids is 2. The number of carbonyl (C=O) groups is 2. The molecule has 0 heterocycles. The van der Waals surface area contributed by atoms with Crippen LogP contribution in [0.2, 0.25) is 0 Å². The van der Waals surface area contributed by atoms with Crippen molar-refractivity contribution in [3.63, 3.8) is 0 Å². The Morgan fingerprint density at radius 2 is 1.85 bits per heavy atom. The lowest BCUT2D eigenvalue weighted by Gasteiger charge is -2.18. The molecule has 7 nitrogen and oxygen atoms in total. The van der Waals surface area contributed by atoms with E-state index in [1.165, 1.54) is 32.1 Å². The molecule has 0 aromatic heterocycles. The number of unbranched alkanes of at least 4 members (excludes halogenated alkanes) is 5. The van der Waals surface area contributed by atoms with Gasteiger partial charge in [-0.1, -0.05) is 75.4 Å². The number of benzene rings is 1. The number of aliphatic hydroxyl groups is 2.